The van der Waals surface area contributed by atoms with Crippen LogP contribution in [-0.4, -0.2) is 25.2 Å². The Morgan fingerprint density at radius 1 is 0.870 bits per heavy atom. The van der Waals surface area contributed by atoms with Crippen LogP contribution in [0.1, 0.15) is 84.5 Å². The quantitative estimate of drug-likeness (QED) is 0.254. The van der Waals surface area contributed by atoms with Crippen LogP contribution in [0.4, 0.5) is 0 Å². The number of hydrogen-bond donors (Lipinski definition) is 0. The highest BCUT2D eigenvalue weighted by Gasteiger charge is 2.28. The first kappa shape index (κ1) is 20.0. The zero-order valence-electron chi connectivity index (χ0n) is 15.0. The molecule has 1 aliphatic rings. The molecule has 4 nitrogen and oxygen atoms in total. The highest BCUT2D eigenvalue weighted by Crippen LogP contribution is 2.27. The van der Waals surface area contributed by atoms with Gasteiger partial charge in [-0.3, -0.25) is 9.59 Å². The van der Waals surface area contributed by atoms with E-state index in [1.807, 2.05) is 0 Å². The van der Waals surface area contributed by atoms with Gasteiger partial charge < -0.3 is 9.47 Å². The molecule has 0 unspecified atom stereocenters. The SMILES string of the molecule is CCOC(=O)C(CCCCCC1CCCCCC1)C(=O)OCC. The van der Waals surface area contributed by atoms with Crippen molar-refractivity contribution in [2.45, 2.75) is 84.5 Å². The van der Waals surface area contributed by atoms with Crippen molar-refractivity contribution in [2.75, 3.05) is 13.2 Å². The van der Waals surface area contributed by atoms with Gasteiger partial charge in [0.05, 0.1) is 13.2 Å². The predicted octanol–water partition coefficient (Wildman–Crippen LogP) is 4.65. The number of hydrogen-bond acceptors (Lipinski definition) is 4. The van der Waals surface area contributed by atoms with E-state index in [9.17, 15) is 9.59 Å². The van der Waals surface area contributed by atoms with Crippen LogP contribution < -0.4 is 0 Å². The van der Waals surface area contributed by atoms with E-state index in [4.69, 9.17) is 9.47 Å². The lowest BCUT2D eigenvalue weighted by molar-refractivity contribution is -0.161. The van der Waals surface area contributed by atoms with Crippen LogP contribution in [0.25, 0.3) is 0 Å². The number of carbonyl (C=O) groups excluding carboxylic acids is 2. The lowest BCUT2D eigenvalue weighted by atomic mass is 9.93. The Bertz CT molecular complexity index is 314. The first-order chi connectivity index (χ1) is 11.2. The molecule has 1 saturated carbocycles. The van der Waals surface area contributed by atoms with Gasteiger partial charge in [0.2, 0.25) is 0 Å². The Morgan fingerprint density at radius 2 is 1.43 bits per heavy atom. The first-order valence-electron chi connectivity index (χ1n) is 9.52. The molecule has 0 aromatic carbocycles. The number of rotatable bonds is 10. The summed E-state index contributed by atoms with van der Waals surface area (Å²) in [6.07, 6.45) is 13.3. The van der Waals surface area contributed by atoms with E-state index in [0.29, 0.717) is 19.6 Å². The largest absolute Gasteiger partial charge is 0.465 e. The first-order valence-corrected chi connectivity index (χ1v) is 9.52. The lowest BCUT2D eigenvalue weighted by Gasteiger charge is -2.15. The third-order valence-corrected chi connectivity index (χ3v) is 4.72. The van der Waals surface area contributed by atoms with Gasteiger partial charge in [-0.1, -0.05) is 64.2 Å². The standard InChI is InChI=1S/C19H34O4/c1-3-22-18(20)17(19(21)23-4-2)15-11-7-10-14-16-12-8-5-6-9-13-16/h16-17H,3-15H2,1-2H3. The van der Waals surface area contributed by atoms with Crippen LogP contribution >= 0.6 is 0 Å². The van der Waals surface area contributed by atoms with Crippen molar-refractivity contribution in [3.63, 3.8) is 0 Å². The van der Waals surface area contributed by atoms with Crippen LogP contribution in [0.15, 0.2) is 0 Å². The summed E-state index contributed by atoms with van der Waals surface area (Å²) in [6, 6.07) is 0. The Kier molecular flexibility index (Phi) is 10.8. The molecule has 23 heavy (non-hydrogen) atoms. The summed E-state index contributed by atoms with van der Waals surface area (Å²) < 4.78 is 10.00. The summed E-state index contributed by atoms with van der Waals surface area (Å²) in [4.78, 5) is 23.8. The molecule has 0 bridgehead atoms. The zero-order chi connectivity index (χ0) is 16.9. The summed E-state index contributed by atoms with van der Waals surface area (Å²) in [5.74, 6) is -0.722. The second kappa shape index (κ2) is 12.4. The summed E-state index contributed by atoms with van der Waals surface area (Å²) in [5, 5.41) is 0. The van der Waals surface area contributed by atoms with Gasteiger partial charge in [-0.15, -0.1) is 0 Å². The topological polar surface area (TPSA) is 52.6 Å². The molecular weight excluding hydrogens is 292 g/mol. The minimum absolute atomic E-state index is 0.302. The lowest BCUT2D eigenvalue weighted by Crippen LogP contribution is -2.28. The monoisotopic (exact) mass is 326 g/mol. The van der Waals surface area contributed by atoms with Gasteiger partial charge >= 0.3 is 11.9 Å². The normalized spacial score (nSPS) is 16.1. The third-order valence-electron chi connectivity index (χ3n) is 4.72. The average Bonchev–Trinajstić information content (AvgIpc) is 2.80. The van der Waals surface area contributed by atoms with Crippen LogP contribution in [0.2, 0.25) is 0 Å². The molecule has 134 valence electrons. The Balaban J connectivity index is 2.25. The van der Waals surface area contributed by atoms with Gasteiger partial charge in [-0.25, -0.2) is 0 Å². The molecule has 0 N–H and O–H groups in total. The Labute approximate surface area is 141 Å². The average molecular weight is 326 g/mol. The van der Waals surface area contributed by atoms with Crippen LogP contribution in [-0.2, 0) is 19.1 Å². The molecule has 0 amide bonds. The second-order valence-electron chi connectivity index (χ2n) is 6.55. The minimum atomic E-state index is -0.743. The van der Waals surface area contributed by atoms with E-state index in [1.165, 1.54) is 51.4 Å². The molecule has 0 aromatic heterocycles. The van der Waals surface area contributed by atoms with Gasteiger partial charge in [0, 0.05) is 0 Å². The molecule has 0 atom stereocenters. The summed E-state index contributed by atoms with van der Waals surface area (Å²) in [6.45, 7) is 4.12. The summed E-state index contributed by atoms with van der Waals surface area (Å²) >= 11 is 0. The maximum absolute atomic E-state index is 11.9. The predicted molar refractivity (Wildman–Crippen MR) is 91.0 cm³/mol. The van der Waals surface area contributed by atoms with Gasteiger partial charge in [0.25, 0.3) is 0 Å². The van der Waals surface area contributed by atoms with Crippen LogP contribution in [0, 0.1) is 11.8 Å². The van der Waals surface area contributed by atoms with Gasteiger partial charge in [-0.05, 0) is 26.2 Å². The second-order valence-corrected chi connectivity index (χ2v) is 6.55. The molecular formula is C19H34O4. The highest BCUT2D eigenvalue weighted by atomic mass is 16.6. The van der Waals surface area contributed by atoms with Crippen molar-refractivity contribution < 1.29 is 19.1 Å². The zero-order valence-corrected chi connectivity index (χ0v) is 15.0. The molecule has 0 spiro atoms. The number of esters is 2. The van der Waals surface area contributed by atoms with E-state index >= 15 is 0 Å². The van der Waals surface area contributed by atoms with Crippen molar-refractivity contribution in [3.8, 4) is 0 Å². The van der Waals surface area contributed by atoms with Gasteiger partial charge in [0.1, 0.15) is 0 Å². The molecule has 1 aliphatic carbocycles. The fourth-order valence-corrected chi connectivity index (χ4v) is 3.43. The number of carbonyl (C=O) groups is 2. The molecule has 4 heteroatoms. The maximum atomic E-state index is 11.9. The Hall–Kier alpha value is -1.06. The third kappa shape index (κ3) is 8.38. The molecule has 0 aliphatic heterocycles. The van der Waals surface area contributed by atoms with Crippen molar-refractivity contribution >= 4 is 11.9 Å². The van der Waals surface area contributed by atoms with E-state index in [2.05, 4.69) is 0 Å². The van der Waals surface area contributed by atoms with Crippen LogP contribution in [0.3, 0.4) is 0 Å². The van der Waals surface area contributed by atoms with Crippen molar-refractivity contribution in [2.24, 2.45) is 11.8 Å². The molecule has 0 radical (unpaired) electrons. The molecule has 1 fully saturated rings. The van der Waals surface area contributed by atoms with Gasteiger partial charge in [0.15, 0.2) is 5.92 Å². The van der Waals surface area contributed by atoms with Crippen molar-refractivity contribution in [1.29, 1.82) is 0 Å². The van der Waals surface area contributed by atoms with E-state index in [1.54, 1.807) is 13.8 Å². The van der Waals surface area contributed by atoms with E-state index in [-0.39, 0.29) is 0 Å². The summed E-state index contributed by atoms with van der Waals surface area (Å²) in [5.41, 5.74) is 0. The molecule has 1 rings (SSSR count). The smallest absolute Gasteiger partial charge is 0.320 e. The minimum Gasteiger partial charge on any atom is -0.465 e. The maximum Gasteiger partial charge on any atom is 0.320 e. The number of ether oxygens (including phenoxy) is 2. The fraction of sp³-hybridized carbons (Fsp3) is 0.895. The molecule has 0 aromatic rings. The van der Waals surface area contributed by atoms with Gasteiger partial charge in [-0.2, -0.15) is 0 Å². The van der Waals surface area contributed by atoms with Crippen molar-refractivity contribution in [3.05, 3.63) is 0 Å². The Morgan fingerprint density at radius 3 is 1.96 bits per heavy atom. The molecule has 0 saturated heterocycles. The molecule has 0 heterocycles. The van der Waals surface area contributed by atoms with E-state index in [0.717, 1.165) is 18.8 Å². The van der Waals surface area contributed by atoms with Crippen molar-refractivity contribution in [1.82, 2.24) is 0 Å². The van der Waals surface area contributed by atoms with Crippen LogP contribution in [0.5, 0.6) is 0 Å². The number of unbranched alkanes of at least 4 members (excludes halogenated alkanes) is 2. The van der Waals surface area contributed by atoms with E-state index < -0.39 is 17.9 Å². The fourth-order valence-electron chi connectivity index (χ4n) is 3.43. The summed E-state index contributed by atoms with van der Waals surface area (Å²) in [7, 11) is 0. The highest BCUT2D eigenvalue weighted by molar-refractivity contribution is 5.94.